The number of nitrogens with two attached hydrogens (primary N) is 1. The number of hydrogen-bond acceptors (Lipinski definition) is 5. The summed E-state index contributed by atoms with van der Waals surface area (Å²) in [5.41, 5.74) is 6.83. The Labute approximate surface area is 96.8 Å². The van der Waals surface area contributed by atoms with Crippen molar-refractivity contribution in [2.75, 3.05) is 5.73 Å². The molecule has 0 saturated carbocycles. The molecule has 0 unspecified atom stereocenters. The Hall–Kier alpha value is -1.88. The van der Waals surface area contributed by atoms with Crippen molar-refractivity contribution in [2.45, 2.75) is 6.92 Å². The molecule has 0 aliphatic heterocycles. The molecule has 0 aliphatic carbocycles. The molecule has 0 bridgehead atoms. The summed E-state index contributed by atoms with van der Waals surface area (Å²) in [6.07, 6.45) is 0. The fourth-order valence-electron chi connectivity index (χ4n) is 1.15. The molecule has 1 aromatic carbocycles. The SMILES string of the molecule is Cc1ccc(OC(=O)c2cc(N)sn2)cc1. The molecule has 5 heteroatoms. The highest BCUT2D eigenvalue weighted by Gasteiger charge is 2.12. The molecule has 2 aromatic rings. The monoisotopic (exact) mass is 234 g/mol. The predicted molar refractivity (Wildman–Crippen MR) is 62.7 cm³/mol. The van der Waals surface area contributed by atoms with Crippen molar-refractivity contribution in [1.29, 1.82) is 0 Å². The molecule has 0 aliphatic rings. The zero-order chi connectivity index (χ0) is 11.5. The largest absolute Gasteiger partial charge is 0.422 e. The minimum absolute atomic E-state index is 0.239. The van der Waals surface area contributed by atoms with E-state index in [4.69, 9.17) is 10.5 Å². The zero-order valence-corrected chi connectivity index (χ0v) is 9.45. The number of aromatic nitrogens is 1. The van der Waals surface area contributed by atoms with Crippen LogP contribution in [0.2, 0.25) is 0 Å². The molecule has 82 valence electrons. The summed E-state index contributed by atoms with van der Waals surface area (Å²) in [5, 5.41) is 0.496. The van der Waals surface area contributed by atoms with Crippen molar-refractivity contribution in [2.24, 2.45) is 0 Å². The van der Waals surface area contributed by atoms with Crippen LogP contribution in [0.4, 0.5) is 5.00 Å². The smallest absolute Gasteiger partial charge is 0.363 e. The third-order valence-corrected chi connectivity index (χ3v) is 2.59. The highest BCUT2D eigenvalue weighted by molar-refractivity contribution is 7.10. The fourth-order valence-corrected chi connectivity index (χ4v) is 1.65. The van der Waals surface area contributed by atoms with Crippen molar-refractivity contribution in [3.8, 4) is 5.75 Å². The second-order valence-electron chi connectivity index (χ2n) is 3.32. The standard InChI is InChI=1S/C11H10N2O2S/c1-7-2-4-8(5-3-7)15-11(14)9-6-10(12)16-13-9/h2-6H,12H2,1H3. The van der Waals surface area contributed by atoms with Gasteiger partial charge < -0.3 is 10.5 Å². The quantitative estimate of drug-likeness (QED) is 0.639. The minimum Gasteiger partial charge on any atom is -0.422 e. The van der Waals surface area contributed by atoms with E-state index in [1.54, 1.807) is 12.1 Å². The van der Waals surface area contributed by atoms with E-state index in [0.29, 0.717) is 10.8 Å². The van der Waals surface area contributed by atoms with Crippen LogP contribution in [0.25, 0.3) is 0 Å². The number of benzene rings is 1. The Morgan fingerprint density at radius 1 is 1.38 bits per heavy atom. The Kier molecular flexibility index (Phi) is 2.87. The predicted octanol–water partition coefficient (Wildman–Crippen LogP) is 2.25. The van der Waals surface area contributed by atoms with Crippen LogP contribution >= 0.6 is 11.5 Å². The third kappa shape index (κ3) is 2.38. The van der Waals surface area contributed by atoms with Crippen molar-refractivity contribution in [1.82, 2.24) is 4.37 Å². The number of hydrogen-bond donors (Lipinski definition) is 1. The summed E-state index contributed by atoms with van der Waals surface area (Å²) in [6.45, 7) is 1.97. The summed E-state index contributed by atoms with van der Waals surface area (Å²) in [5.74, 6) is 0.0129. The van der Waals surface area contributed by atoms with Crippen LogP contribution in [0.3, 0.4) is 0 Å². The highest BCUT2D eigenvalue weighted by atomic mass is 32.1. The van der Waals surface area contributed by atoms with Crippen LogP contribution in [0, 0.1) is 6.92 Å². The van der Waals surface area contributed by atoms with E-state index in [2.05, 4.69) is 4.37 Å². The van der Waals surface area contributed by atoms with Gasteiger partial charge in [0.25, 0.3) is 0 Å². The summed E-state index contributed by atoms with van der Waals surface area (Å²) in [6, 6.07) is 8.73. The molecule has 0 spiro atoms. The molecule has 1 aromatic heterocycles. The van der Waals surface area contributed by atoms with E-state index < -0.39 is 5.97 Å². The van der Waals surface area contributed by atoms with E-state index in [0.717, 1.165) is 17.1 Å². The maximum atomic E-state index is 11.6. The van der Waals surface area contributed by atoms with Gasteiger partial charge in [-0.1, -0.05) is 17.7 Å². The van der Waals surface area contributed by atoms with Crippen LogP contribution in [0.1, 0.15) is 16.1 Å². The van der Waals surface area contributed by atoms with Gasteiger partial charge in [0.15, 0.2) is 5.69 Å². The Balaban J connectivity index is 2.10. The maximum Gasteiger partial charge on any atom is 0.363 e. The number of ether oxygens (including phenoxy) is 1. The molecule has 0 saturated heterocycles. The summed E-state index contributed by atoms with van der Waals surface area (Å²) in [4.78, 5) is 11.6. The van der Waals surface area contributed by atoms with Crippen molar-refractivity contribution in [3.63, 3.8) is 0 Å². The number of carbonyl (C=O) groups is 1. The van der Waals surface area contributed by atoms with Crippen LogP contribution in [-0.4, -0.2) is 10.3 Å². The molecular formula is C11H10N2O2S. The van der Waals surface area contributed by atoms with Crippen molar-refractivity contribution >= 4 is 22.5 Å². The van der Waals surface area contributed by atoms with Gasteiger partial charge in [-0.3, -0.25) is 0 Å². The van der Waals surface area contributed by atoms with Gasteiger partial charge in [-0.25, -0.2) is 4.79 Å². The first kappa shape index (κ1) is 10.6. The Morgan fingerprint density at radius 2 is 2.06 bits per heavy atom. The Morgan fingerprint density at radius 3 is 2.62 bits per heavy atom. The topological polar surface area (TPSA) is 65.2 Å². The number of anilines is 1. The van der Waals surface area contributed by atoms with Gasteiger partial charge in [0, 0.05) is 6.07 Å². The lowest BCUT2D eigenvalue weighted by molar-refractivity contribution is 0.0730. The number of nitrogen functional groups attached to an aromatic ring is 1. The van der Waals surface area contributed by atoms with Crippen molar-refractivity contribution in [3.05, 3.63) is 41.6 Å². The van der Waals surface area contributed by atoms with Crippen LogP contribution < -0.4 is 10.5 Å². The van der Waals surface area contributed by atoms with E-state index in [1.165, 1.54) is 6.07 Å². The summed E-state index contributed by atoms with van der Waals surface area (Å²) < 4.78 is 8.99. The average molecular weight is 234 g/mol. The van der Waals surface area contributed by atoms with E-state index in [-0.39, 0.29) is 5.69 Å². The highest BCUT2D eigenvalue weighted by Crippen LogP contribution is 2.16. The summed E-state index contributed by atoms with van der Waals surface area (Å²) >= 11 is 1.07. The molecular weight excluding hydrogens is 224 g/mol. The lowest BCUT2D eigenvalue weighted by atomic mass is 10.2. The fraction of sp³-hybridized carbons (Fsp3) is 0.0909. The minimum atomic E-state index is -0.489. The molecule has 0 atom stereocenters. The molecule has 4 nitrogen and oxygen atoms in total. The zero-order valence-electron chi connectivity index (χ0n) is 8.64. The lowest BCUT2D eigenvalue weighted by Gasteiger charge is -2.01. The number of esters is 1. The molecule has 16 heavy (non-hydrogen) atoms. The van der Waals surface area contributed by atoms with Gasteiger partial charge in [0.1, 0.15) is 10.8 Å². The van der Waals surface area contributed by atoms with Crippen molar-refractivity contribution < 1.29 is 9.53 Å². The second-order valence-corrected chi connectivity index (χ2v) is 4.15. The van der Waals surface area contributed by atoms with Gasteiger partial charge in [0.05, 0.1) is 0 Å². The molecule has 1 heterocycles. The van der Waals surface area contributed by atoms with Gasteiger partial charge in [-0.05, 0) is 30.6 Å². The lowest BCUT2D eigenvalue weighted by Crippen LogP contribution is -2.08. The number of aryl methyl sites for hydroxylation is 1. The van der Waals surface area contributed by atoms with Gasteiger partial charge in [-0.2, -0.15) is 4.37 Å². The maximum absolute atomic E-state index is 11.6. The molecule has 0 fully saturated rings. The molecule has 2 N–H and O–H groups in total. The van der Waals surface area contributed by atoms with E-state index in [9.17, 15) is 4.79 Å². The second kappa shape index (κ2) is 4.32. The number of nitrogens with zero attached hydrogens (tertiary/aromatic N) is 1. The molecule has 0 amide bonds. The summed E-state index contributed by atoms with van der Waals surface area (Å²) in [7, 11) is 0. The van der Waals surface area contributed by atoms with E-state index >= 15 is 0 Å². The molecule has 0 radical (unpaired) electrons. The number of carbonyl (C=O) groups excluding carboxylic acids is 1. The number of rotatable bonds is 2. The first-order chi connectivity index (χ1) is 7.65. The average Bonchev–Trinajstić information content (AvgIpc) is 2.68. The molecule has 2 rings (SSSR count). The normalized spacial score (nSPS) is 10.1. The third-order valence-electron chi connectivity index (χ3n) is 1.97. The Bertz CT molecular complexity index is 505. The van der Waals surface area contributed by atoms with Crippen LogP contribution in [0.5, 0.6) is 5.75 Å². The van der Waals surface area contributed by atoms with Crippen LogP contribution in [-0.2, 0) is 0 Å². The van der Waals surface area contributed by atoms with Gasteiger partial charge >= 0.3 is 5.97 Å². The van der Waals surface area contributed by atoms with Gasteiger partial charge in [0.2, 0.25) is 0 Å². The van der Waals surface area contributed by atoms with Crippen LogP contribution in [0.15, 0.2) is 30.3 Å². The van der Waals surface area contributed by atoms with E-state index in [1.807, 2.05) is 19.1 Å². The first-order valence-electron chi connectivity index (χ1n) is 4.66. The van der Waals surface area contributed by atoms with Gasteiger partial charge in [-0.15, -0.1) is 0 Å². The first-order valence-corrected chi connectivity index (χ1v) is 5.43.